The quantitative estimate of drug-likeness (QED) is 0.624. The summed E-state index contributed by atoms with van der Waals surface area (Å²) in [6, 6.07) is 6.25. The first-order valence-electron chi connectivity index (χ1n) is 10.9. The lowest BCUT2D eigenvalue weighted by Crippen LogP contribution is -2.37. The fourth-order valence-electron chi connectivity index (χ4n) is 4.63. The predicted molar refractivity (Wildman–Crippen MR) is 113 cm³/mol. The molecule has 1 amide bonds. The van der Waals surface area contributed by atoms with E-state index in [0.717, 1.165) is 36.2 Å². The fraction of sp³-hybridized carbons (Fsp3) is 0.478. The highest BCUT2D eigenvalue weighted by atomic mass is 16.5. The summed E-state index contributed by atoms with van der Waals surface area (Å²) in [7, 11) is 0. The molecule has 156 valence electrons. The zero-order valence-electron chi connectivity index (χ0n) is 17.1. The van der Waals surface area contributed by atoms with E-state index in [4.69, 9.17) is 4.74 Å². The molecule has 1 unspecified atom stereocenters. The first-order valence-corrected chi connectivity index (χ1v) is 10.9. The van der Waals surface area contributed by atoms with Crippen LogP contribution in [-0.2, 0) is 11.3 Å². The van der Waals surface area contributed by atoms with E-state index in [1.165, 1.54) is 25.7 Å². The van der Waals surface area contributed by atoms with E-state index in [1.807, 2.05) is 29.4 Å². The number of nitrogens with zero attached hydrogens (tertiary/aromatic N) is 5. The Kier molecular flexibility index (Phi) is 5.45. The molecule has 5 rings (SSSR count). The van der Waals surface area contributed by atoms with Crippen LogP contribution >= 0.6 is 0 Å². The van der Waals surface area contributed by atoms with Crippen molar-refractivity contribution in [1.29, 1.82) is 0 Å². The molecule has 1 atom stereocenters. The van der Waals surface area contributed by atoms with Crippen molar-refractivity contribution in [3.63, 3.8) is 0 Å². The maximum absolute atomic E-state index is 13.4. The van der Waals surface area contributed by atoms with Crippen LogP contribution in [0.3, 0.4) is 0 Å². The number of pyridine rings is 2. The molecular formula is C23H27N5O2. The summed E-state index contributed by atoms with van der Waals surface area (Å²) in [6.07, 6.45) is 14.1. The molecule has 0 spiro atoms. The summed E-state index contributed by atoms with van der Waals surface area (Å²) in [4.78, 5) is 28.6. The van der Waals surface area contributed by atoms with Crippen LogP contribution in [-0.4, -0.2) is 49.6 Å². The minimum Gasteiger partial charge on any atom is -0.376 e. The standard InChI is InChI=1S/C23H27N5O2/c29-23(27(15-20-6-3-11-30-20)14-17-7-9-24-10-8-17)18-12-21-22(25-13-18)28(16-26-21)19-4-1-2-5-19/h7-10,12-13,16,19-20H,1-6,11,14-15H2. The molecule has 4 heterocycles. The van der Waals surface area contributed by atoms with Crippen molar-refractivity contribution in [2.45, 2.75) is 57.2 Å². The highest BCUT2D eigenvalue weighted by molar-refractivity contribution is 5.96. The molecule has 1 saturated carbocycles. The largest absolute Gasteiger partial charge is 0.376 e. The lowest BCUT2D eigenvalue weighted by Gasteiger charge is -2.25. The third kappa shape index (κ3) is 3.94. The van der Waals surface area contributed by atoms with Gasteiger partial charge in [0.1, 0.15) is 5.52 Å². The first-order chi connectivity index (χ1) is 14.8. The van der Waals surface area contributed by atoms with Crippen LogP contribution in [0.25, 0.3) is 11.2 Å². The monoisotopic (exact) mass is 405 g/mol. The number of carbonyl (C=O) groups excluding carboxylic acids is 1. The Balaban J connectivity index is 1.40. The molecule has 1 aliphatic heterocycles. The fourth-order valence-corrected chi connectivity index (χ4v) is 4.63. The molecular weight excluding hydrogens is 378 g/mol. The van der Waals surface area contributed by atoms with Gasteiger partial charge < -0.3 is 14.2 Å². The van der Waals surface area contributed by atoms with Crippen LogP contribution in [0, 0.1) is 0 Å². The van der Waals surface area contributed by atoms with Crippen molar-refractivity contribution in [3.05, 3.63) is 54.2 Å². The van der Waals surface area contributed by atoms with Crippen molar-refractivity contribution in [1.82, 2.24) is 24.4 Å². The van der Waals surface area contributed by atoms with Crippen LogP contribution in [0.15, 0.2) is 43.1 Å². The Morgan fingerprint density at radius 2 is 1.97 bits per heavy atom. The predicted octanol–water partition coefficient (Wildman–Crippen LogP) is 3.76. The number of aromatic nitrogens is 4. The molecule has 7 heteroatoms. The number of hydrogen-bond acceptors (Lipinski definition) is 5. The van der Waals surface area contributed by atoms with E-state index in [2.05, 4.69) is 19.5 Å². The van der Waals surface area contributed by atoms with Gasteiger partial charge in [0.05, 0.1) is 18.0 Å². The third-order valence-corrected chi connectivity index (χ3v) is 6.24. The van der Waals surface area contributed by atoms with Crippen LogP contribution in [0.4, 0.5) is 0 Å². The summed E-state index contributed by atoms with van der Waals surface area (Å²) in [5.74, 6) is -0.0351. The Labute approximate surface area is 176 Å². The minimum atomic E-state index is -0.0351. The van der Waals surface area contributed by atoms with E-state index >= 15 is 0 Å². The van der Waals surface area contributed by atoms with Crippen LogP contribution in [0.5, 0.6) is 0 Å². The topological polar surface area (TPSA) is 73.1 Å². The molecule has 1 saturated heterocycles. The zero-order valence-corrected chi connectivity index (χ0v) is 17.1. The summed E-state index contributed by atoms with van der Waals surface area (Å²) >= 11 is 0. The molecule has 1 aliphatic carbocycles. The average molecular weight is 406 g/mol. The van der Waals surface area contributed by atoms with Gasteiger partial charge in [-0.25, -0.2) is 9.97 Å². The van der Waals surface area contributed by atoms with Crippen LogP contribution in [0.2, 0.25) is 0 Å². The Bertz CT molecular complexity index is 1010. The Morgan fingerprint density at radius 1 is 1.13 bits per heavy atom. The van der Waals surface area contributed by atoms with E-state index in [1.54, 1.807) is 18.6 Å². The molecule has 3 aromatic rings. The number of fused-ring (bicyclic) bond motifs is 1. The summed E-state index contributed by atoms with van der Waals surface area (Å²) in [6.45, 7) is 1.87. The van der Waals surface area contributed by atoms with Gasteiger partial charge in [0.15, 0.2) is 5.65 Å². The molecule has 3 aromatic heterocycles. The number of imidazole rings is 1. The Morgan fingerprint density at radius 3 is 2.73 bits per heavy atom. The smallest absolute Gasteiger partial charge is 0.255 e. The lowest BCUT2D eigenvalue weighted by molar-refractivity contribution is 0.0507. The molecule has 30 heavy (non-hydrogen) atoms. The maximum atomic E-state index is 13.4. The van der Waals surface area contributed by atoms with Crippen molar-refractivity contribution >= 4 is 17.1 Å². The van der Waals surface area contributed by atoms with Gasteiger partial charge in [-0.1, -0.05) is 12.8 Å². The number of hydrogen-bond donors (Lipinski definition) is 0. The van der Waals surface area contributed by atoms with E-state index < -0.39 is 0 Å². The zero-order chi connectivity index (χ0) is 20.3. The van der Waals surface area contributed by atoms with Gasteiger partial charge in [-0.15, -0.1) is 0 Å². The van der Waals surface area contributed by atoms with Crippen LogP contribution in [0.1, 0.15) is 60.5 Å². The molecule has 2 fully saturated rings. The van der Waals surface area contributed by atoms with Crippen LogP contribution < -0.4 is 0 Å². The van der Waals surface area contributed by atoms with Gasteiger partial charge in [0.2, 0.25) is 0 Å². The van der Waals surface area contributed by atoms with E-state index in [-0.39, 0.29) is 12.0 Å². The van der Waals surface area contributed by atoms with Gasteiger partial charge in [0, 0.05) is 44.3 Å². The van der Waals surface area contributed by atoms with Gasteiger partial charge in [-0.05, 0) is 49.4 Å². The summed E-state index contributed by atoms with van der Waals surface area (Å²) in [5, 5.41) is 0. The number of amides is 1. The SMILES string of the molecule is O=C(c1cnc2c(c1)ncn2C1CCCC1)N(Cc1ccncc1)CC1CCCO1. The lowest BCUT2D eigenvalue weighted by atomic mass is 10.1. The van der Waals surface area contributed by atoms with E-state index in [0.29, 0.717) is 24.7 Å². The molecule has 0 bridgehead atoms. The molecule has 0 aromatic carbocycles. The van der Waals surface area contributed by atoms with Gasteiger partial charge in [-0.3, -0.25) is 9.78 Å². The van der Waals surface area contributed by atoms with Crippen molar-refractivity contribution in [3.8, 4) is 0 Å². The van der Waals surface area contributed by atoms with Gasteiger partial charge in [-0.2, -0.15) is 0 Å². The first kappa shape index (κ1) is 19.2. The molecule has 0 N–H and O–H groups in total. The maximum Gasteiger partial charge on any atom is 0.255 e. The molecule has 2 aliphatic rings. The normalized spacial score (nSPS) is 19.5. The number of rotatable bonds is 6. The highest BCUT2D eigenvalue weighted by Gasteiger charge is 2.25. The summed E-state index contributed by atoms with van der Waals surface area (Å²) < 4.78 is 7.98. The van der Waals surface area contributed by atoms with Crippen molar-refractivity contribution < 1.29 is 9.53 Å². The second kappa shape index (κ2) is 8.52. The van der Waals surface area contributed by atoms with E-state index in [9.17, 15) is 4.79 Å². The van der Waals surface area contributed by atoms with Crippen molar-refractivity contribution in [2.24, 2.45) is 0 Å². The number of carbonyl (C=O) groups is 1. The molecule has 7 nitrogen and oxygen atoms in total. The highest BCUT2D eigenvalue weighted by Crippen LogP contribution is 2.31. The van der Waals surface area contributed by atoms with Crippen molar-refractivity contribution in [2.75, 3.05) is 13.2 Å². The van der Waals surface area contributed by atoms with Gasteiger partial charge >= 0.3 is 0 Å². The second-order valence-corrected chi connectivity index (χ2v) is 8.33. The molecule has 0 radical (unpaired) electrons. The minimum absolute atomic E-state index is 0.0351. The number of ether oxygens (including phenoxy) is 1. The third-order valence-electron chi connectivity index (χ3n) is 6.24. The second-order valence-electron chi connectivity index (χ2n) is 8.33. The average Bonchev–Trinajstić information content (AvgIpc) is 3.54. The van der Waals surface area contributed by atoms with Gasteiger partial charge in [0.25, 0.3) is 5.91 Å². The Hall–Kier alpha value is -2.80. The summed E-state index contributed by atoms with van der Waals surface area (Å²) in [5.41, 5.74) is 3.29.